The molecule has 1 amide bonds. The van der Waals surface area contributed by atoms with Crippen LogP contribution in [0.5, 0.6) is 0 Å². The van der Waals surface area contributed by atoms with Gasteiger partial charge in [-0.15, -0.1) is 0 Å². The zero-order valence-corrected chi connectivity index (χ0v) is 12.6. The smallest absolute Gasteiger partial charge is 0.303 e. The standard InChI is InChI=1S/C14H10F2N6O3/c1-6-13(22(24)25)12(21-18-6)14(23)17-10-5-9(19-20-10)7-3-2-4-8(15)11(7)16/h2-5H,1H3,(H,18,21)(H2,17,19,20,23). The number of aryl methyl sites for hydroxylation is 1. The van der Waals surface area contributed by atoms with Crippen LogP contribution in [-0.2, 0) is 0 Å². The molecule has 2 aromatic heterocycles. The summed E-state index contributed by atoms with van der Waals surface area (Å²) in [5.74, 6) is -2.99. The van der Waals surface area contributed by atoms with Crippen molar-refractivity contribution in [1.29, 1.82) is 0 Å². The third-order valence-electron chi connectivity index (χ3n) is 3.37. The fourth-order valence-corrected chi connectivity index (χ4v) is 2.22. The lowest BCUT2D eigenvalue weighted by Crippen LogP contribution is -2.14. The van der Waals surface area contributed by atoms with Crippen LogP contribution in [0, 0.1) is 28.7 Å². The first kappa shape index (κ1) is 16.2. The van der Waals surface area contributed by atoms with Gasteiger partial charge in [-0.1, -0.05) is 6.07 Å². The molecule has 0 aliphatic rings. The van der Waals surface area contributed by atoms with Gasteiger partial charge in [0.1, 0.15) is 5.69 Å². The molecule has 3 rings (SSSR count). The van der Waals surface area contributed by atoms with Crippen LogP contribution in [0.3, 0.4) is 0 Å². The van der Waals surface area contributed by atoms with E-state index in [1.54, 1.807) is 0 Å². The number of halogens is 2. The van der Waals surface area contributed by atoms with Crippen molar-refractivity contribution in [1.82, 2.24) is 20.4 Å². The molecule has 2 heterocycles. The molecule has 0 aliphatic carbocycles. The lowest BCUT2D eigenvalue weighted by atomic mass is 10.1. The predicted octanol–water partition coefficient (Wildman–Crippen LogP) is 2.55. The molecule has 0 aliphatic heterocycles. The normalized spacial score (nSPS) is 10.7. The van der Waals surface area contributed by atoms with E-state index in [1.807, 2.05) is 0 Å². The van der Waals surface area contributed by atoms with Crippen LogP contribution < -0.4 is 5.32 Å². The number of aromatic nitrogens is 4. The van der Waals surface area contributed by atoms with E-state index in [1.165, 1.54) is 25.1 Å². The van der Waals surface area contributed by atoms with Crippen molar-refractivity contribution < 1.29 is 18.5 Å². The number of hydrogen-bond acceptors (Lipinski definition) is 5. The second kappa shape index (κ2) is 6.11. The quantitative estimate of drug-likeness (QED) is 0.493. The Bertz CT molecular complexity index is 981. The highest BCUT2D eigenvalue weighted by Gasteiger charge is 2.27. The Balaban J connectivity index is 1.86. The molecule has 3 aromatic rings. The highest BCUT2D eigenvalue weighted by molar-refractivity contribution is 6.05. The number of anilines is 1. The molecule has 0 saturated heterocycles. The third kappa shape index (κ3) is 2.94. The Morgan fingerprint density at radius 3 is 2.76 bits per heavy atom. The van der Waals surface area contributed by atoms with Crippen LogP contribution in [0.15, 0.2) is 24.3 Å². The predicted molar refractivity (Wildman–Crippen MR) is 81.9 cm³/mol. The van der Waals surface area contributed by atoms with Crippen molar-refractivity contribution in [2.75, 3.05) is 5.32 Å². The van der Waals surface area contributed by atoms with Crippen molar-refractivity contribution in [3.8, 4) is 11.3 Å². The number of amides is 1. The fraction of sp³-hybridized carbons (Fsp3) is 0.0714. The molecule has 0 unspecified atom stereocenters. The summed E-state index contributed by atoms with van der Waals surface area (Å²) in [6, 6.07) is 4.89. The minimum absolute atomic E-state index is 0.0291. The summed E-state index contributed by atoms with van der Waals surface area (Å²) in [7, 11) is 0. The molecule has 0 bridgehead atoms. The van der Waals surface area contributed by atoms with Gasteiger partial charge in [-0.2, -0.15) is 10.2 Å². The molecule has 11 heteroatoms. The summed E-state index contributed by atoms with van der Waals surface area (Å²) < 4.78 is 27.0. The van der Waals surface area contributed by atoms with Crippen molar-refractivity contribution in [3.05, 3.63) is 57.4 Å². The number of aromatic amines is 2. The summed E-state index contributed by atoms with van der Waals surface area (Å²) in [6.07, 6.45) is 0. The number of nitrogens with one attached hydrogen (secondary N) is 3. The number of H-pyrrole nitrogens is 2. The largest absolute Gasteiger partial charge is 0.322 e. The minimum atomic E-state index is -1.07. The lowest BCUT2D eigenvalue weighted by molar-refractivity contribution is -0.385. The fourth-order valence-electron chi connectivity index (χ4n) is 2.22. The minimum Gasteiger partial charge on any atom is -0.303 e. The van der Waals surface area contributed by atoms with Crippen LogP contribution >= 0.6 is 0 Å². The number of rotatable bonds is 4. The second-order valence-corrected chi connectivity index (χ2v) is 5.03. The summed E-state index contributed by atoms with van der Waals surface area (Å²) in [5, 5.41) is 25.5. The van der Waals surface area contributed by atoms with Gasteiger partial charge in [0.15, 0.2) is 17.5 Å². The van der Waals surface area contributed by atoms with Gasteiger partial charge in [0.25, 0.3) is 5.91 Å². The van der Waals surface area contributed by atoms with E-state index in [4.69, 9.17) is 0 Å². The molecule has 0 spiro atoms. The van der Waals surface area contributed by atoms with Crippen molar-refractivity contribution in [2.45, 2.75) is 6.92 Å². The van der Waals surface area contributed by atoms with Gasteiger partial charge in [0.2, 0.25) is 5.69 Å². The number of carbonyl (C=O) groups excluding carboxylic acids is 1. The highest BCUT2D eigenvalue weighted by Crippen LogP contribution is 2.25. The van der Waals surface area contributed by atoms with E-state index < -0.39 is 33.8 Å². The third-order valence-corrected chi connectivity index (χ3v) is 3.37. The Morgan fingerprint density at radius 1 is 1.28 bits per heavy atom. The maximum absolute atomic E-state index is 13.8. The van der Waals surface area contributed by atoms with Crippen LogP contribution in [0.1, 0.15) is 16.2 Å². The molecule has 9 nitrogen and oxygen atoms in total. The molecule has 128 valence electrons. The van der Waals surface area contributed by atoms with Gasteiger partial charge < -0.3 is 5.32 Å². The number of nitro groups is 1. The van der Waals surface area contributed by atoms with Gasteiger partial charge in [-0.3, -0.25) is 25.1 Å². The first-order valence-electron chi connectivity index (χ1n) is 6.89. The zero-order chi connectivity index (χ0) is 18.1. The zero-order valence-electron chi connectivity index (χ0n) is 12.6. The van der Waals surface area contributed by atoms with E-state index in [2.05, 4.69) is 25.7 Å². The Morgan fingerprint density at radius 2 is 2.04 bits per heavy atom. The summed E-state index contributed by atoms with van der Waals surface area (Å²) in [6.45, 7) is 1.40. The Hall–Kier alpha value is -3.63. The number of carbonyl (C=O) groups is 1. The SMILES string of the molecule is Cc1[nH]nc(C(=O)Nc2cc(-c3cccc(F)c3F)[nH]n2)c1[N+](=O)[O-]. The summed E-state index contributed by atoms with van der Waals surface area (Å²) in [5.41, 5.74) is -0.692. The van der Waals surface area contributed by atoms with E-state index in [0.717, 1.165) is 6.07 Å². The number of nitrogens with zero attached hydrogens (tertiary/aromatic N) is 3. The number of benzene rings is 1. The lowest BCUT2D eigenvalue weighted by Gasteiger charge is -2.00. The molecule has 0 saturated carbocycles. The molecular formula is C14H10F2N6O3. The average molecular weight is 348 g/mol. The van der Waals surface area contributed by atoms with E-state index in [0.29, 0.717) is 0 Å². The Kier molecular flexibility index (Phi) is 3.97. The summed E-state index contributed by atoms with van der Waals surface area (Å²) >= 11 is 0. The molecule has 1 aromatic carbocycles. The maximum Gasteiger partial charge on any atom is 0.322 e. The molecule has 0 fully saturated rings. The molecule has 0 radical (unpaired) electrons. The van der Waals surface area contributed by atoms with Crippen molar-refractivity contribution >= 4 is 17.4 Å². The molecule has 25 heavy (non-hydrogen) atoms. The molecule has 3 N–H and O–H groups in total. The van der Waals surface area contributed by atoms with E-state index >= 15 is 0 Å². The molecular weight excluding hydrogens is 338 g/mol. The van der Waals surface area contributed by atoms with Gasteiger partial charge in [0.05, 0.1) is 10.6 Å². The Labute approximate surface area is 138 Å². The monoisotopic (exact) mass is 348 g/mol. The van der Waals surface area contributed by atoms with Crippen LogP contribution in [0.25, 0.3) is 11.3 Å². The van der Waals surface area contributed by atoms with Gasteiger partial charge in [-0.25, -0.2) is 8.78 Å². The van der Waals surface area contributed by atoms with Gasteiger partial charge in [-0.05, 0) is 19.1 Å². The van der Waals surface area contributed by atoms with Crippen molar-refractivity contribution in [3.63, 3.8) is 0 Å². The van der Waals surface area contributed by atoms with Crippen LogP contribution in [0.2, 0.25) is 0 Å². The number of hydrogen-bond donors (Lipinski definition) is 3. The van der Waals surface area contributed by atoms with Crippen LogP contribution in [-0.4, -0.2) is 31.2 Å². The van der Waals surface area contributed by atoms with Gasteiger partial charge in [0, 0.05) is 11.6 Å². The second-order valence-electron chi connectivity index (χ2n) is 5.03. The topological polar surface area (TPSA) is 130 Å². The van der Waals surface area contributed by atoms with E-state index in [9.17, 15) is 23.7 Å². The van der Waals surface area contributed by atoms with Crippen LogP contribution in [0.4, 0.5) is 20.3 Å². The average Bonchev–Trinajstić information content (AvgIpc) is 3.16. The van der Waals surface area contributed by atoms with E-state index in [-0.39, 0.29) is 22.8 Å². The molecule has 0 atom stereocenters. The highest BCUT2D eigenvalue weighted by atomic mass is 19.2. The van der Waals surface area contributed by atoms with Gasteiger partial charge >= 0.3 is 5.69 Å². The van der Waals surface area contributed by atoms with Crippen molar-refractivity contribution in [2.24, 2.45) is 0 Å². The maximum atomic E-state index is 13.8. The summed E-state index contributed by atoms with van der Waals surface area (Å²) in [4.78, 5) is 22.4. The first-order chi connectivity index (χ1) is 11.9. The first-order valence-corrected chi connectivity index (χ1v) is 6.89.